The van der Waals surface area contributed by atoms with Gasteiger partial charge in [-0.05, 0) is 43.3 Å². The van der Waals surface area contributed by atoms with Gasteiger partial charge in [-0.2, -0.15) is 13.7 Å². The summed E-state index contributed by atoms with van der Waals surface area (Å²) in [4.78, 5) is 11.9. The fourth-order valence-electron chi connectivity index (χ4n) is 2.07. The first kappa shape index (κ1) is 20.0. The van der Waals surface area contributed by atoms with E-state index < -0.39 is 16.0 Å². The Morgan fingerprint density at radius 2 is 1.89 bits per heavy atom. The molecule has 140 valence electrons. The van der Waals surface area contributed by atoms with Crippen molar-refractivity contribution in [3.05, 3.63) is 60.3 Å². The summed E-state index contributed by atoms with van der Waals surface area (Å²) < 4.78 is 36.4. The Balaban J connectivity index is 2.12. The first-order valence-electron chi connectivity index (χ1n) is 7.82. The highest BCUT2D eigenvalue weighted by atomic mass is 32.2. The molecule has 2 aromatic rings. The van der Waals surface area contributed by atoms with Gasteiger partial charge in [-0.25, -0.2) is 0 Å². The molecule has 0 saturated heterocycles. The molecule has 0 atom stereocenters. The van der Waals surface area contributed by atoms with Gasteiger partial charge >= 0.3 is 0 Å². The number of hydrogen-bond acceptors (Lipinski definition) is 6. The molecule has 0 aliphatic carbocycles. The topological polar surface area (TPSA) is 129 Å². The molecule has 0 heterocycles. The zero-order valence-corrected chi connectivity index (χ0v) is 15.2. The quantitative estimate of drug-likeness (QED) is 0.378. The monoisotopic (exact) mass is 387 g/mol. The minimum atomic E-state index is -4.32. The lowest BCUT2D eigenvalue weighted by Crippen LogP contribution is -2.14. The Morgan fingerprint density at radius 3 is 2.48 bits per heavy atom. The van der Waals surface area contributed by atoms with Crippen LogP contribution in [0.25, 0.3) is 0 Å². The maximum Gasteiger partial charge on any atom is 0.294 e. The predicted octanol–water partition coefficient (Wildman–Crippen LogP) is 2.79. The Kier molecular flexibility index (Phi) is 6.54. The van der Waals surface area contributed by atoms with Gasteiger partial charge in [0.2, 0.25) is 0 Å². The number of hydrogen-bond donors (Lipinski definition) is 3. The van der Waals surface area contributed by atoms with Crippen LogP contribution in [-0.4, -0.2) is 25.5 Å². The Labute approximate surface area is 156 Å². The van der Waals surface area contributed by atoms with Crippen molar-refractivity contribution in [2.24, 2.45) is 0 Å². The minimum absolute atomic E-state index is 0.194. The molecule has 0 bridgehead atoms. The number of carbonyl (C=O) groups excluding carboxylic acids is 1. The largest absolute Gasteiger partial charge is 0.492 e. The van der Waals surface area contributed by atoms with Crippen molar-refractivity contribution in [1.82, 2.24) is 0 Å². The van der Waals surface area contributed by atoms with Crippen LogP contribution in [-0.2, 0) is 14.9 Å². The van der Waals surface area contributed by atoms with E-state index in [0.29, 0.717) is 18.0 Å². The van der Waals surface area contributed by atoms with E-state index in [1.165, 1.54) is 18.3 Å². The third-order valence-corrected chi connectivity index (χ3v) is 4.20. The average Bonchev–Trinajstić information content (AvgIpc) is 2.63. The fraction of sp³-hybridized carbons (Fsp3) is 0.111. The van der Waals surface area contributed by atoms with Gasteiger partial charge in [-0.3, -0.25) is 9.35 Å². The normalized spacial score (nSPS) is 11.4. The van der Waals surface area contributed by atoms with E-state index in [9.17, 15) is 18.5 Å². The Bertz CT molecular complexity index is 992. The van der Waals surface area contributed by atoms with Crippen molar-refractivity contribution < 1.29 is 22.5 Å². The first-order chi connectivity index (χ1) is 12.8. The van der Waals surface area contributed by atoms with Crippen LogP contribution in [0.4, 0.5) is 11.4 Å². The number of nitriles is 1. The van der Waals surface area contributed by atoms with Crippen molar-refractivity contribution >= 4 is 27.4 Å². The van der Waals surface area contributed by atoms with Crippen molar-refractivity contribution in [2.45, 2.75) is 11.8 Å². The van der Waals surface area contributed by atoms with E-state index in [1.54, 1.807) is 30.3 Å². The lowest BCUT2D eigenvalue weighted by atomic mass is 10.2. The van der Waals surface area contributed by atoms with E-state index in [-0.39, 0.29) is 16.2 Å². The minimum Gasteiger partial charge on any atom is -0.492 e. The molecule has 27 heavy (non-hydrogen) atoms. The Hall–Kier alpha value is -3.35. The molecule has 0 saturated carbocycles. The standard InChI is InChI=1S/C18H17N3O5S/c1-2-26-17-6-4-3-5-16(17)20-12-13(11-19)18(22)21-14-7-9-15(10-8-14)27(23,24)25/h3-10,12,20H,2H2,1H3,(H,21,22)(H,23,24,25)/b13-12-. The molecule has 0 spiro atoms. The van der Waals surface area contributed by atoms with Gasteiger partial charge in [0.05, 0.1) is 17.2 Å². The van der Waals surface area contributed by atoms with Crippen LogP contribution in [0, 0.1) is 11.3 Å². The summed E-state index contributed by atoms with van der Waals surface area (Å²) in [6.07, 6.45) is 1.25. The second kappa shape index (κ2) is 8.84. The van der Waals surface area contributed by atoms with E-state index in [0.717, 1.165) is 12.1 Å². The van der Waals surface area contributed by atoms with Crippen LogP contribution in [0.5, 0.6) is 5.75 Å². The van der Waals surface area contributed by atoms with Crippen LogP contribution in [0.15, 0.2) is 65.2 Å². The van der Waals surface area contributed by atoms with Crippen molar-refractivity contribution in [1.29, 1.82) is 5.26 Å². The average molecular weight is 387 g/mol. The van der Waals surface area contributed by atoms with Crippen LogP contribution < -0.4 is 15.4 Å². The number of ether oxygens (including phenoxy) is 1. The van der Waals surface area contributed by atoms with E-state index in [4.69, 9.17) is 9.29 Å². The second-order valence-corrected chi connectivity index (χ2v) is 6.62. The zero-order valence-electron chi connectivity index (χ0n) is 14.3. The summed E-state index contributed by atoms with van der Waals surface area (Å²) in [5.41, 5.74) is 0.667. The predicted molar refractivity (Wildman–Crippen MR) is 99.8 cm³/mol. The van der Waals surface area contributed by atoms with Gasteiger partial charge in [0.1, 0.15) is 17.4 Å². The molecule has 1 amide bonds. The van der Waals surface area contributed by atoms with Crippen LogP contribution in [0.1, 0.15) is 6.92 Å². The summed E-state index contributed by atoms with van der Waals surface area (Å²) >= 11 is 0. The molecule has 0 aromatic heterocycles. The van der Waals surface area contributed by atoms with Crippen LogP contribution in [0.3, 0.4) is 0 Å². The number of nitrogens with zero attached hydrogens (tertiary/aromatic N) is 1. The van der Waals surface area contributed by atoms with Crippen LogP contribution in [0.2, 0.25) is 0 Å². The summed E-state index contributed by atoms with van der Waals surface area (Å²) in [5, 5.41) is 14.5. The molecule has 0 aliphatic rings. The smallest absolute Gasteiger partial charge is 0.294 e. The second-order valence-electron chi connectivity index (χ2n) is 5.20. The van der Waals surface area contributed by atoms with Gasteiger partial charge in [0, 0.05) is 11.9 Å². The summed E-state index contributed by atoms with van der Waals surface area (Å²) in [6.45, 7) is 2.31. The van der Waals surface area contributed by atoms with Gasteiger partial charge in [0.15, 0.2) is 0 Å². The molecule has 0 fully saturated rings. The van der Waals surface area contributed by atoms with Gasteiger partial charge < -0.3 is 15.4 Å². The van der Waals surface area contributed by atoms with Crippen molar-refractivity contribution in [2.75, 3.05) is 17.2 Å². The number of anilines is 2. The van der Waals surface area contributed by atoms with Gasteiger partial charge in [-0.1, -0.05) is 12.1 Å². The lowest BCUT2D eigenvalue weighted by molar-refractivity contribution is -0.112. The van der Waals surface area contributed by atoms with Crippen LogP contribution >= 0.6 is 0 Å². The Morgan fingerprint density at radius 1 is 1.22 bits per heavy atom. The molecule has 2 rings (SSSR count). The van der Waals surface area contributed by atoms with Crippen molar-refractivity contribution in [3.63, 3.8) is 0 Å². The molecular weight excluding hydrogens is 370 g/mol. The number of carbonyl (C=O) groups is 1. The molecule has 8 nitrogen and oxygen atoms in total. The highest BCUT2D eigenvalue weighted by Crippen LogP contribution is 2.24. The number of rotatable bonds is 7. The maximum absolute atomic E-state index is 12.2. The SMILES string of the molecule is CCOc1ccccc1N/C=C(/C#N)C(=O)Nc1ccc(S(=O)(=O)O)cc1. The molecule has 2 aromatic carbocycles. The van der Waals surface area contributed by atoms with E-state index in [1.807, 2.05) is 6.92 Å². The highest BCUT2D eigenvalue weighted by molar-refractivity contribution is 7.85. The summed E-state index contributed by atoms with van der Waals surface area (Å²) in [5.74, 6) is -0.103. The lowest BCUT2D eigenvalue weighted by Gasteiger charge is -2.10. The van der Waals surface area contributed by atoms with Gasteiger partial charge in [-0.15, -0.1) is 0 Å². The molecular formula is C18H17N3O5S. The third kappa shape index (κ3) is 5.57. The number of para-hydroxylation sites is 2. The number of amides is 1. The van der Waals surface area contributed by atoms with Gasteiger partial charge in [0.25, 0.3) is 16.0 Å². The number of nitrogens with one attached hydrogen (secondary N) is 2. The molecule has 0 aliphatic heterocycles. The first-order valence-corrected chi connectivity index (χ1v) is 9.26. The molecule has 9 heteroatoms. The maximum atomic E-state index is 12.2. The highest BCUT2D eigenvalue weighted by Gasteiger charge is 2.12. The summed E-state index contributed by atoms with van der Waals surface area (Å²) in [7, 11) is -4.32. The third-order valence-electron chi connectivity index (χ3n) is 3.33. The zero-order chi connectivity index (χ0) is 19.9. The van der Waals surface area contributed by atoms with Crippen molar-refractivity contribution in [3.8, 4) is 11.8 Å². The molecule has 0 unspecified atom stereocenters. The molecule has 3 N–H and O–H groups in total. The fourth-order valence-corrected chi connectivity index (χ4v) is 2.55. The van der Waals surface area contributed by atoms with E-state index >= 15 is 0 Å². The summed E-state index contributed by atoms with van der Waals surface area (Å²) in [6, 6.07) is 13.7. The molecule has 0 radical (unpaired) electrons. The van der Waals surface area contributed by atoms with E-state index in [2.05, 4.69) is 10.6 Å². The number of benzene rings is 2.